The molecule has 0 fully saturated rings. The predicted molar refractivity (Wildman–Crippen MR) is 82.1 cm³/mol. The Morgan fingerprint density at radius 3 is 2.63 bits per heavy atom. The van der Waals surface area contributed by atoms with Gasteiger partial charge in [-0.2, -0.15) is 0 Å². The van der Waals surface area contributed by atoms with Crippen LogP contribution in [0.25, 0.3) is 0 Å². The van der Waals surface area contributed by atoms with Crippen LogP contribution in [0.2, 0.25) is 5.02 Å². The number of hydrogen-bond acceptors (Lipinski definition) is 3. The van der Waals surface area contributed by atoms with Gasteiger partial charge >= 0.3 is 0 Å². The maximum absolute atomic E-state index is 6.22. The molecule has 1 N–H and O–H groups in total. The zero-order valence-corrected chi connectivity index (χ0v) is 12.1. The molecule has 3 nitrogen and oxygen atoms in total. The molecular weight excluding hydrogens is 258 g/mol. The average Bonchev–Trinajstić information content (AvgIpc) is 2.39. The number of pyridine rings is 1. The van der Waals surface area contributed by atoms with E-state index in [0.29, 0.717) is 0 Å². The maximum Gasteiger partial charge on any atom is 0.0768 e. The van der Waals surface area contributed by atoms with Crippen molar-refractivity contribution in [3.63, 3.8) is 0 Å². The van der Waals surface area contributed by atoms with Gasteiger partial charge in [-0.05, 0) is 24.6 Å². The lowest BCUT2D eigenvalue weighted by Crippen LogP contribution is -2.14. The largest absolute Gasteiger partial charge is 0.376 e. The van der Waals surface area contributed by atoms with Crippen molar-refractivity contribution < 1.29 is 0 Å². The van der Waals surface area contributed by atoms with E-state index in [0.717, 1.165) is 22.0 Å². The van der Waals surface area contributed by atoms with Gasteiger partial charge in [-0.1, -0.05) is 29.8 Å². The molecular formula is C15H18ClN3. The van der Waals surface area contributed by atoms with Crippen molar-refractivity contribution in [2.75, 3.05) is 24.3 Å². The van der Waals surface area contributed by atoms with Gasteiger partial charge in [-0.25, -0.2) is 0 Å². The van der Waals surface area contributed by atoms with Crippen LogP contribution in [0.3, 0.4) is 0 Å². The molecule has 2 rings (SSSR count). The van der Waals surface area contributed by atoms with Crippen LogP contribution in [-0.2, 0) is 0 Å². The molecule has 0 saturated carbocycles. The van der Waals surface area contributed by atoms with Crippen LogP contribution >= 0.6 is 11.6 Å². The van der Waals surface area contributed by atoms with Crippen molar-refractivity contribution in [3.05, 3.63) is 53.3 Å². The molecule has 0 saturated heterocycles. The van der Waals surface area contributed by atoms with E-state index in [1.165, 1.54) is 0 Å². The third kappa shape index (κ3) is 3.18. The van der Waals surface area contributed by atoms with Gasteiger partial charge in [0, 0.05) is 25.3 Å². The second kappa shape index (κ2) is 5.93. The number of aromatic nitrogens is 1. The van der Waals surface area contributed by atoms with Crippen molar-refractivity contribution in [2.24, 2.45) is 0 Å². The lowest BCUT2D eigenvalue weighted by Gasteiger charge is -2.22. The van der Waals surface area contributed by atoms with E-state index in [4.69, 9.17) is 11.6 Å². The molecule has 0 radical (unpaired) electrons. The summed E-state index contributed by atoms with van der Waals surface area (Å²) in [5.41, 5.74) is 3.19. The highest BCUT2D eigenvalue weighted by atomic mass is 35.5. The Bertz CT molecular complexity index is 555. The van der Waals surface area contributed by atoms with E-state index in [9.17, 15) is 0 Å². The lowest BCUT2D eigenvalue weighted by molar-refractivity contribution is 0.881. The molecule has 1 aromatic heterocycles. The molecule has 4 heteroatoms. The van der Waals surface area contributed by atoms with E-state index < -0.39 is 0 Å². The fourth-order valence-electron chi connectivity index (χ4n) is 2.03. The zero-order chi connectivity index (χ0) is 13.8. The van der Waals surface area contributed by atoms with Gasteiger partial charge in [-0.3, -0.25) is 4.98 Å². The van der Waals surface area contributed by atoms with E-state index in [1.807, 2.05) is 50.6 Å². The summed E-state index contributed by atoms with van der Waals surface area (Å²) >= 11 is 6.22. The summed E-state index contributed by atoms with van der Waals surface area (Å²) in [5.74, 6) is 0. The van der Waals surface area contributed by atoms with Crippen LogP contribution in [0.4, 0.5) is 11.4 Å². The van der Waals surface area contributed by atoms with E-state index in [2.05, 4.69) is 22.1 Å². The van der Waals surface area contributed by atoms with Gasteiger partial charge in [0.05, 0.1) is 23.6 Å². The van der Waals surface area contributed by atoms with Gasteiger partial charge < -0.3 is 10.2 Å². The molecule has 1 unspecified atom stereocenters. The van der Waals surface area contributed by atoms with Crippen LogP contribution in [0.5, 0.6) is 0 Å². The van der Waals surface area contributed by atoms with Crippen LogP contribution in [0, 0.1) is 0 Å². The molecule has 0 bridgehead atoms. The van der Waals surface area contributed by atoms with Gasteiger partial charge in [0.1, 0.15) is 0 Å². The summed E-state index contributed by atoms with van der Waals surface area (Å²) < 4.78 is 0. The number of hydrogen-bond donors (Lipinski definition) is 1. The number of benzene rings is 1. The highest BCUT2D eigenvalue weighted by molar-refractivity contribution is 6.31. The summed E-state index contributed by atoms with van der Waals surface area (Å²) in [6.45, 7) is 2.09. The first-order chi connectivity index (χ1) is 9.09. The maximum atomic E-state index is 6.22. The fourth-order valence-corrected chi connectivity index (χ4v) is 2.32. The molecule has 0 spiro atoms. The summed E-state index contributed by atoms with van der Waals surface area (Å²) in [7, 11) is 4.03. The van der Waals surface area contributed by atoms with Crippen LogP contribution in [0.1, 0.15) is 18.5 Å². The minimum atomic E-state index is 0.122. The second-order valence-electron chi connectivity index (χ2n) is 4.67. The first kappa shape index (κ1) is 13.7. The van der Waals surface area contributed by atoms with Gasteiger partial charge in [0.2, 0.25) is 0 Å². The summed E-state index contributed by atoms with van der Waals surface area (Å²) in [6, 6.07) is 9.98. The minimum absolute atomic E-state index is 0.122. The molecule has 0 aliphatic carbocycles. The first-order valence-corrected chi connectivity index (χ1v) is 6.59. The Hall–Kier alpha value is -1.74. The lowest BCUT2D eigenvalue weighted by atomic mass is 10.1. The Morgan fingerprint density at radius 1 is 1.21 bits per heavy atom. The molecule has 0 aliphatic heterocycles. The number of nitrogens with zero attached hydrogens (tertiary/aromatic N) is 2. The van der Waals surface area contributed by atoms with Crippen molar-refractivity contribution in [1.29, 1.82) is 0 Å². The average molecular weight is 276 g/mol. The molecule has 0 amide bonds. The number of rotatable bonds is 4. The smallest absolute Gasteiger partial charge is 0.0768 e. The molecule has 1 aromatic carbocycles. The van der Waals surface area contributed by atoms with E-state index >= 15 is 0 Å². The molecule has 2 aromatic rings. The van der Waals surface area contributed by atoms with Crippen molar-refractivity contribution in [2.45, 2.75) is 13.0 Å². The monoisotopic (exact) mass is 275 g/mol. The molecule has 0 aliphatic rings. The van der Waals surface area contributed by atoms with Crippen molar-refractivity contribution >= 4 is 23.0 Å². The second-order valence-corrected chi connectivity index (χ2v) is 5.08. The molecule has 1 atom stereocenters. The topological polar surface area (TPSA) is 28.2 Å². The highest BCUT2D eigenvalue weighted by Crippen LogP contribution is 2.29. The number of anilines is 2. The zero-order valence-electron chi connectivity index (χ0n) is 11.4. The summed E-state index contributed by atoms with van der Waals surface area (Å²) in [5, 5.41) is 4.24. The minimum Gasteiger partial charge on any atom is -0.376 e. The predicted octanol–water partition coefficient (Wildman–Crippen LogP) is 3.97. The van der Waals surface area contributed by atoms with Crippen LogP contribution in [0.15, 0.2) is 42.7 Å². The standard InChI is InChI=1S/C15H18ClN3/c1-11(12-6-4-5-7-13(12)16)18-14-10-17-9-8-15(14)19(2)3/h4-11,18H,1-3H3. The molecule has 1 heterocycles. The number of halogens is 1. The van der Waals surface area contributed by atoms with E-state index in [-0.39, 0.29) is 6.04 Å². The fraction of sp³-hybridized carbons (Fsp3) is 0.267. The van der Waals surface area contributed by atoms with Gasteiger partial charge in [0.15, 0.2) is 0 Å². The highest BCUT2D eigenvalue weighted by Gasteiger charge is 2.11. The Balaban J connectivity index is 2.24. The van der Waals surface area contributed by atoms with Gasteiger partial charge in [-0.15, -0.1) is 0 Å². The quantitative estimate of drug-likeness (QED) is 0.915. The first-order valence-electron chi connectivity index (χ1n) is 6.22. The normalized spacial score (nSPS) is 12.0. The molecule has 100 valence electrons. The Kier molecular flexibility index (Phi) is 4.27. The van der Waals surface area contributed by atoms with Crippen LogP contribution in [-0.4, -0.2) is 19.1 Å². The van der Waals surface area contributed by atoms with Crippen molar-refractivity contribution in [3.8, 4) is 0 Å². The number of nitrogens with one attached hydrogen (secondary N) is 1. The molecule has 19 heavy (non-hydrogen) atoms. The SMILES string of the molecule is CC(Nc1cnccc1N(C)C)c1ccccc1Cl. The van der Waals surface area contributed by atoms with Crippen LogP contribution < -0.4 is 10.2 Å². The summed E-state index contributed by atoms with van der Waals surface area (Å²) in [4.78, 5) is 6.23. The van der Waals surface area contributed by atoms with Gasteiger partial charge in [0.25, 0.3) is 0 Å². The van der Waals surface area contributed by atoms with E-state index in [1.54, 1.807) is 6.20 Å². The Labute approximate surface area is 119 Å². The third-order valence-corrected chi connectivity index (χ3v) is 3.37. The summed E-state index contributed by atoms with van der Waals surface area (Å²) in [6.07, 6.45) is 3.63. The Morgan fingerprint density at radius 2 is 1.95 bits per heavy atom. The third-order valence-electron chi connectivity index (χ3n) is 3.02. The van der Waals surface area contributed by atoms with Crippen molar-refractivity contribution in [1.82, 2.24) is 4.98 Å².